The maximum Gasteiger partial charge on any atom is 0.254 e. The van der Waals surface area contributed by atoms with Gasteiger partial charge in [0.15, 0.2) is 17.3 Å². The van der Waals surface area contributed by atoms with Crippen molar-refractivity contribution >= 4 is 5.91 Å². The molecule has 0 spiro atoms. The summed E-state index contributed by atoms with van der Waals surface area (Å²) in [5, 5.41) is 9.63. The molecule has 4 aromatic rings. The lowest BCUT2D eigenvalue weighted by Gasteiger charge is -2.16. The summed E-state index contributed by atoms with van der Waals surface area (Å²) < 4.78 is 33.0. The van der Waals surface area contributed by atoms with Crippen molar-refractivity contribution in [2.45, 2.75) is 39.1 Å². The van der Waals surface area contributed by atoms with Crippen LogP contribution in [0.2, 0.25) is 0 Å². The third-order valence-corrected chi connectivity index (χ3v) is 7.06. The fourth-order valence-corrected chi connectivity index (χ4v) is 4.57. The largest absolute Gasteiger partial charge is 0.497 e. The molecular formula is C38H44FN3O4. The number of hydrogen-bond acceptors (Lipinski definition) is 6. The molecule has 0 radical (unpaired) electrons. The van der Waals surface area contributed by atoms with E-state index < -0.39 is 11.7 Å². The first-order chi connectivity index (χ1) is 22.7. The van der Waals surface area contributed by atoms with Gasteiger partial charge in [-0.15, -0.1) is 0 Å². The summed E-state index contributed by atoms with van der Waals surface area (Å²) in [6.07, 6.45) is 6.42. The van der Waals surface area contributed by atoms with Gasteiger partial charge in [0.05, 0.1) is 11.8 Å². The van der Waals surface area contributed by atoms with Crippen LogP contribution in [0.5, 0.6) is 11.5 Å². The smallest absolute Gasteiger partial charge is 0.254 e. The van der Waals surface area contributed by atoms with Crippen LogP contribution in [0.25, 0.3) is 0 Å². The maximum absolute atomic E-state index is 15.7. The number of carbonyl (C=O) groups is 1. The fourth-order valence-electron chi connectivity index (χ4n) is 4.57. The van der Waals surface area contributed by atoms with Crippen molar-refractivity contribution in [3.05, 3.63) is 144 Å². The second kappa shape index (κ2) is 20.4. The fraction of sp³-hybridized carbons (Fsp3) is 0.289. The molecule has 3 N–H and O–H groups in total. The number of nitrogens with one attached hydrogen (secondary N) is 3. The van der Waals surface area contributed by atoms with E-state index in [4.69, 9.17) is 14.2 Å². The molecule has 0 unspecified atom stereocenters. The van der Waals surface area contributed by atoms with Crippen LogP contribution in [0.1, 0.15) is 46.3 Å². The number of carbonyl (C=O) groups excluding carboxylic acids is 1. The van der Waals surface area contributed by atoms with E-state index in [1.165, 1.54) is 6.07 Å². The van der Waals surface area contributed by atoms with Gasteiger partial charge >= 0.3 is 0 Å². The van der Waals surface area contributed by atoms with E-state index in [1.807, 2.05) is 97.1 Å². The van der Waals surface area contributed by atoms with E-state index in [0.717, 1.165) is 62.1 Å². The summed E-state index contributed by atoms with van der Waals surface area (Å²) in [7, 11) is 0. The standard InChI is InChI=1S/C38H44FN3O4/c39-36-34(20-21-35(45-29-32-16-6-2-7-17-32)37(36)46-30-33-18-8-3-9-19-33)38(43)42-26-13-25-41-24-12-23-40-22-10-11-27-44-28-31-14-4-1-5-15-31/h1-9,11,14-21,27,40-41H,10,12-13,22-26,28-30H2,(H,42,43)/b27-11+. The summed E-state index contributed by atoms with van der Waals surface area (Å²) >= 11 is 0. The van der Waals surface area contributed by atoms with Gasteiger partial charge < -0.3 is 30.2 Å². The topological polar surface area (TPSA) is 80.9 Å². The van der Waals surface area contributed by atoms with E-state index in [9.17, 15) is 4.79 Å². The van der Waals surface area contributed by atoms with Gasteiger partial charge in [-0.3, -0.25) is 4.79 Å². The highest BCUT2D eigenvalue weighted by Crippen LogP contribution is 2.34. The van der Waals surface area contributed by atoms with Crippen molar-refractivity contribution in [1.82, 2.24) is 16.0 Å². The summed E-state index contributed by atoms with van der Waals surface area (Å²) in [4.78, 5) is 12.9. The van der Waals surface area contributed by atoms with Crippen LogP contribution < -0.4 is 25.4 Å². The molecule has 242 valence electrons. The van der Waals surface area contributed by atoms with Gasteiger partial charge in [-0.1, -0.05) is 91.0 Å². The Balaban J connectivity index is 1.12. The molecular weight excluding hydrogens is 581 g/mol. The normalized spacial score (nSPS) is 11.0. The van der Waals surface area contributed by atoms with E-state index in [0.29, 0.717) is 13.2 Å². The Kier molecular flexibility index (Phi) is 15.2. The minimum atomic E-state index is -0.736. The van der Waals surface area contributed by atoms with Crippen molar-refractivity contribution in [3.8, 4) is 11.5 Å². The first-order valence-corrected chi connectivity index (χ1v) is 15.9. The molecule has 0 atom stereocenters. The van der Waals surface area contributed by atoms with Crippen LogP contribution in [0, 0.1) is 5.82 Å². The van der Waals surface area contributed by atoms with Gasteiger partial charge in [0, 0.05) is 6.54 Å². The lowest BCUT2D eigenvalue weighted by Crippen LogP contribution is -2.29. The molecule has 4 aromatic carbocycles. The molecule has 0 saturated carbocycles. The molecule has 4 rings (SSSR count). The first-order valence-electron chi connectivity index (χ1n) is 15.9. The molecule has 0 aliphatic rings. The van der Waals surface area contributed by atoms with Crippen molar-refractivity contribution in [2.24, 2.45) is 0 Å². The third kappa shape index (κ3) is 12.4. The zero-order chi connectivity index (χ0) is 32.1. The van der Waals surface area contributed by atoms with E-state index >= 15 is 4.39 Å². The number of halogens is 1. The highest BCUT2D eigenvalue weighted by Gasteiger charge is 2.21. The number of hydrogen-bond donors (Lipinski definition) is 3. The monoisotopic (exact) mass is 625 g/mol. The first kappa shape index (κ1) is 34.2. The molecule has 1 amide bonds. The highest BCUT2D eigenvalue weighted by atomic mass is 19.1. The SMILES string of the molecule is O=C(NCCCNCCCNCC/C=C/OCc1ccccc1)c1ccc(OCc2ccccc2)c(OCc2ccccc2)c1F. The van der Waals surface area contributed by atoms with Crippen molar-refractivity contribution in [1.29, 1.82) is 0 Å². The Morgan fingerprint density at radius 2 is 1.17 bits per heavy atom. The quantitative estimate of drug-likeness (QED) is 0.0699. The zero-order valence-electron chi connectivity index (χ0n) is 26.3. The van der Waals surface area contributed by atoms with Crippen LogP contribution >= 0.6 is 0 Å². The predicted octanol–water partition coefficient (Wildman–Crippen LogP) is 6.79. The molecule has 0 aromatic heterocycles. The maximum atomic E-state index is 15.7. The second-order valence-electron chi connectivity index (χ2n) is 10.7. The Bertz CT molecular complexity index is 1450. The Morgan fingerprint density at radius 3 is 1.80 bits per heavy atom. The van der Waals surface area contributed by atoms with Gasteiger partial charge in [-0.2, -0.15) is 0 Å². The summed E-state index contributed by atoms with van der Waals surface area (Å²) in [5.74, 6) is -1.05. The van der Waals surface area contributed by atoms with Gasteiger partial charge in [-0.05, 0) is 80.3 Å². The molecule has 0 saturated heterocycles. The van der Waals surface area contributed by atoms with Gasteiger partial charge in [0.2, 0.25) is 0 Å². The average molecular weight is 626 g/mol. The van der Waals surface area contributed by atoms with Gasteiger partial charge in [0.1, 0.15) is 19.8 Å². The van der Waals surface area contributed by atoms with Crippen LogP contribution in [0.15, 0.2) is 115 Å². The van der Waals surface area contributed by atoms with Crippen LogP contribution in [-0.4, -0.2) is 38.6 Å². The Labute approximate surface area is 271 Å². The minimum Gasteiger partial charge on any atom is -0.497 e. The Morgan fingerprint density at radius 1 is 0.630 bits per heavy atom. The van der Waals surface area contributed by atoms with Gasteiger partial charge in [-0.25, -0.2) is 4.39 Å². The van der Waals surface area contributed by atoms with Gasteiger partial charge in [0.25, 0.3) is 5.91 Å². The highest BCUT2D eigenvalue weighted by molar-refractivity contribution is 5.95. The number of rotatable bonds is 21. The lowest BCUT2D eigenvalue weighted by atomic mass is 10.1. The number of amides is 1. The van der Waals surface area contributed by atoms with Crippen LogP contribution in [0.4, 0.5) is 4.39 Å². The van der Waals surface area contributed by atoms with Crippen LogP contribution in [0.3, 0.4) is 0 Å². The van der Waals surface area contributed by atoms with E-state index in [2.05, 4.69) is 16.0 Å². The molecule has 0 aliphatic heterocycles. The van der Waals surface area contributed by atoms with Crippen molar-refractivity contribution in [2.75, 3.05) is 32.7 Å². The van der Waals surface area contributed by atoms with Crippen LogP contribution in [-0.2, 0) is 24.6 Å². The second-order valence-corrected chi connectivity index (χ2v) is 10.7. The average Bonchev–Trinajstić information content (AvgIpc) is 3.10. The summed E-state index contributed by atoms with van der Waals surface area (Å²) in [6, 6.07) is 32.2. The number of ether oxygens (including phenoxy) is 3. The third-order valence-electron chi connectivity index (χ3n) is 7.06. The minimum absolute atomic E-state index is 0.0740. The summed E-state index contributed by atoms with van der Waals surface area (Å²) in [6.45, 7) is 4.84. The molecule has 0 bridgehead atoms. The molecule has 8 heteroatoms. The molecule has 0 aliphatic carbocycles. The molecule has 46 heavy (non-hydrogen) atoms. The Hall–Kier alpha value is -4.66. The molecule has 0 heterocycles. The molecule has 7 nitrogen and oxygen atoms in total. The van der Waals surface area contributed by atoms with Crippen molar-refractivity contribution in [3.63, 3.8) is 0 Å². The predicted molar refractivity (Wildman–Crippen MR) is 180 cm³/mol. The zero-order valence-corrected chi connectivity index (χ0v) is 26.3. The van der Waals surface area contributed by atoms with E-state index in [1.54, 1.807) is 12.3 Å². The van der Waals surface area contributed by atoms with E-state index in [-0.39, 0.29) is 30.3 Å². The summed E-state index contributed by atoms with van der Waals surface area (Å²) in [5.41, 5.74) is 2.90. The van der Waals surface area contributed by atoms with Crippen molar-refractivity contribution < 1.29 is 23.4 Å². The number of benzene rings is 4. The lowest BCUT2D eigenvalue weighted by molar-refractivity contribution is 0.0947. The molecule has 0 fully saturated rings.